The van der Waals surface area contributed by atoms with Crippen LogP contribution < -0.4 is 5.32 Å². The van der Waals surface area contributed by atoms with E-state index in [1.807, 2.05) is 0 Å². The molecule has 3 unspecified atom stereocenters. The van der Waals surface area contributed by atoms with E-state index in [0.717, 1.165) is 0 Å². The highest BCUT2D eigenvalue weighted by molar-refractivity contribution is 5.49. The Bertz CT molecular complexity index is 602. The molecule has 19 heavy (non-hydrogen) atoms. The van der Waals surface area contributed by atoms with E-state index in [9.17, 15) is 0 Å². The monoisotopic (exact) mass is 249 g/mol. The van der Waals surface area contributed by atoms with Crippen molar-refractivity contribution in [3.8, 4) is 0 Å². The van der Waals surface area contributed by atoms with Gasteiger partial charge in [-0.15, -0.1) is 0 Å². The standard InChI is InChI=1S/C18H19N/c1-12-17(13-6-3-2-4-7-13)15-9-5-8-14-10-11-16(19-12)18(14)15/h2-9,12,16-17,19H,10-11H2,1H3. The molecule has 0 aromatic heterocycles. The molecule has 1 nitrogen and oxygen atoms in total. The molecule has 1 heteroatoms. The lowest BCUT2D eigenvalue weighted by molar-refractivity contribution is 0.394. The molecule has 0 saturated carbocycles. The highest BCUT2D eigenvalue weighted by atomic mass is 15.0. The molecule has 0 fully saturated rings. The van der Waals surface area contributed by atoms with Crippen molar-refractivity contribution in [1.29, 1.82) is 0 Å². The van der Waals surface area contributed by atoms with Crippen LogP contribution in [0.4, 0.5) is 0 Å². The van der Waals surface area contributed by atoms with Crippen LogP contribution >= 0.6 is 0 Å². The van der Waals surface area contributed by atoms with E-state index in [2.05, 4.69) is 60.8 Å². The molecule has 1 aliphatic heterocycles. The zero-order chi connectivity index (χ0) is 12.8. The summed E-state index contributed by atoms with van der Waals surface area (Å²) in [4.78, 5) is 0. The first-order valence-corrected chi connectivity index (χ1v) is 7.27. The molecule has 0 amide bonds. The maximum atomic E-state index is 3.82. The Morgan fingerprint density at radius 3 is 2.68 bits per heavy atom. The first-order chi connectivity index (χ1) is 9.34. The number of aryl methyl sites for hydroxylation is 1. The second-order valence-electron chi connectivity index (χ2n) is 5.85. The predicted molar refractivity (Wildman–Crippen MR) is 78.4 cm³/mol. The maximum absolute atomic E-state index is 3.82. The molecule has 1 N–H and O–H groups in total. The number of hydrogen-bond donors (Lipinski definition) is 1. The van der Waals surface area contributed by atoms with Crippen LogP contribution in [0.3, 0.4) is 0 Å². The highest BCUT2D eigenvalue weighted by Gasteiger charge is 2.36. The Balaban J connectivity index is 1.90. The van der Waals surface area contributed by atoms with Gasteiger partial charge in [0, 0.05) is 18.0 Å². The zero-order valence-corrected chi connectivity index (χ0v) is 11.3. The third-order valence-corrected chi connectivity index (χ3v) is 4.74. The second-order valence-corrected chi connectivity index (χ2v) is 5.85. The van der Waals surface area contributed by atoms with E-state index in [-0.39, 0.29) is 0 Å². The molecule has 0 saturated heterocycles. The minimum absolute atomic E-state index is 0.491. The predicted octanol–water partition coefficient (Wildman–Crippen LogP) is 3.80. The molecule has 0 radical (unpaired) electrons. The van der Waals surface area contributed by atoms with Gasteiger partial charge in [0.1, 0.15) is 0 Å². The first kappa shape index (κ1) is 11.2. The van der Waals surface area contributed by atoms with Crippen LogP contribution in [0, 0.1) is 0 Å². The zero-order valence-electron chi connectivity index (χ0n) is 11.3. The summed E-state index contributed by atoms with van der Waals surface area (Å²) < 4.78 is 0. The Labute approximate surface area is 114 Å². The third-order valence-electron chi connectivity index (χ3n) is 4.74. The minimum Gasteiger partial charge on any atom is -0.306 e. The van der Waals surface area contributed by atoms with Gasteiger partial charge in [-0.25, -0.2) is 0 Å². The largest absolute Gasteiger partial charge is 0.306 e. The van der Waals surface area contributed by atoms with Crippen molar-refractivity contribution in [1.82, 2.24) is 5.32 Å². The van der Waals surface area contributed by atoms with Crippen molar-refractivity contribution in [2.45, 2.75) is 37.8 Å². The van der Waals surface area contributed by atoms with E-state index < -0.39 is 0 Å². The lowest BCUT2D eigenvalue weighted by atomic mass is 9.78. The summed E-state index contributed by atoms with van der Waals surface area (Å²) in [5.41, 5.74) is 6.14. The average Bonchev–Trinajstić information content (AvgIpc) is 2.85. The van der Waals surface area contributed by atoms with Gasteiger partial charge in [-0.2, -0.15) is 0 Å². The Kier molecular flexibility index (Phi) is 2.49. The van der Waals surface area contributed by atoms with Gasteiger partial charge in [0.05, 0.1) is 0 Å². The van der Waals surface area contributed by atoms with Gasteiger partial charge < -0.3 is 5.32 Å². The summed E-state index contributed by atoms with van der Waals surface area (Å²) in [6.07, 6.45) is 2.49. The van der Waals surface area contributed by atoms with E-state index >= 15 is 0 Å². The van der Waals surface area contributed by atoms with Crippen molar-refractivity contribution in [2.24, 2.45) is 0 Å². The number of nitrogens with one attached hydrogen (secondary N) is 1. The second kappa shape index (κ2) is 4.21. The molecule has 0 bridgehead atoms. The topological polar surface area (TPSA) is 12.0 Å². The van der Waals surface area contributed by atoms with E-state index in [4.69, 9.17) is 0 Å². The minimum atomic E-state index is 0.491. The molecule has 96 valence electrons. The van der Waals surface area contributed by atoms with Crippen LogP contribution in [-0.4, -0.2) is 6.04 Å². The molecule has 2 aromatic carbocycles. The van der Waals surface area contributed by atoms with Gasteiger partial charge in [0.15, 0.2) is 0 Å². The molecule has 3 atom stereocenters. The van der Waals surface area contributed by atoms with E-state index in [1.54, 1.807) is 16.7 Å². The Hall–Kier alpha value is -1.60. The molecular weight excluding hydrogens is 230 g/mol. The Morgan fingerprint density at radius 1 is 1.00 bits per heavy atom. The van der Waals surface area contributed by atoms with Gasteiger partial charge >= 0.3 is 0 Å². The molecule has 2 aliphatic rings. The van der Waals surface area contributed by atoms with E-state index in [1.165, 1.54) is 18.4 Å². The van der Waals surface area contributed by atoms with Crippen LogP contribution in [0.1, 0.15) is 47.6 Å². The van der Waals surface area contributed by atoms with Gasteiger partial charge in [0.2, 0.25) is 0 Å². The lowest BCUT2D eigenvalue weighted by Gasteiger charge is -2.36. The summed E-state index contributed by atoms with van der Waals surface area (Å²) in [6.45, 7) is 2.33. The number of rotatable bonds is 1. The van der Waals surface area contributed by atoms with Gasteiger partial charge in [-0.3, -0.25) is 0 Å². The highest BCUT2D eigenvalue weighted by Crippen LogP contribution is 2.44. The normalized spacial score (nSPS) is 28.2. The van der Waals surface area contributed by atoms with Crippen molar-refractivity contribution in [2.75, 3.05) is 0 Å². The summed E-state index contributed by atoms with van der Waals surface area (Å²) in [5.74, 6) is 0.491. The molecule has 4 rings (SSSR count). The molecule has 2 aromatic rings. The smallest absolute Gasteiger partial charge is 0.0331 e. The first-order valence-electron chi connectivity index (χ1n) is 7.27. The summed E-state index contributed by atoms with van der Waals surface area (Å²) in [5, 5.41) is 3.82. The van der Waals surface area contributed by atoms with Gasteiger partial charge in [-0.1, -0.05) is 48.5 Å². The van der Waals surface area contributed by atoms with Crippen LogP contribution in [0.2, 0.25) is 0 Å². The van der Waals surface area contributed by atoms with Crippen molar-refractivity contribution in [3.05, 3.63) is 70.8 Å². The molecular formula is C18H19N. The molecule has 1 heterocycles. The SMILES string of the molecule is CC1NC2CCc3cccc(c32)C1c1ccccc1. The van der Waals surface area contributed by atoms with Crippen molar-refractivity contribution in [3.63, 3.8) is 0 Å². The van der Waals surface area contributed by atoms with Crippen molar-refractivity contribution >= 4 is 0 Å². The maximum Gasteiger partial charge on any atom is 0.0331 e. The Morgan fingerprint density at radius 2 is 1.84 bits per heavy atom. The fourth-order valence-electron chi connectivity index (χ4n) is 3.97. The summed E-state index contributed by atoms with van der Waals surface area (Å²) in [6, 6.07) is 18.9. The quantitative estimate of drug-likeness (QED) is 0.810. The van der Waals surface area contributed by atoms with Crippen LogP contribution in [0.25, 0.3) is 0 Å². The number of benzene rings is 2. The summed E-state index contributed by atoms with van der Waals surface area (Å²) >= 11 is 0. The fourth-order valence-corrected chi connectivity index (χ4v) is 3.97. The van der Waals surface area contributed by atoms with E-state index in [0.29, 0.717) is 18.0 Å². The van der Waals surface area contributed by atoms with Crippen LogP contribution in [0.15, 0.2) is 48.5 Å². The van der Waals surface area contributed by atoms with Crippen LogP contribution in [0.5, 0.6) is 0 Å². The average molecular weight is 249 g/mol. The van der Waals surface area contributed by atoms with Crippen molar-refractivity contribution < 1.29 is 0 Å². The van der Waals surface area contributed by atoms with Gasteiger partial charge in [0.25, 0.3) is 0 Å². The molecule has 0 spiro atoms. The molecule has 1 aliphatic carbocycles. The third kappa shape index (κ3) is 1.65. The summed E-state index contributed by atoms with van der Waals surface area (Å²) in [7, 11) is 0. The van der Waals surface area contributed by atoms with Crippen LogP contribution in [-0.2, 0) is 6.42 Å². The lowest BCUT2D eigenvalue weighted by Crippen LogP contribution is -2.40. The number of hydrogen-bond acceptors (Lipinski definition) is 1. The van der Waals surface area contributed by atoms with Gasteiger partial charge in [-0.05, 0) is 42.0 Å². The fraction of sp³-hybridized carbons (Fsp3) is 0.333.